The molecule has 1 aromatic carbocycles. The summed E-state index contributed by atoms with van der Waals surface area (Å²) in [5.41, 5.74) is 1.93. The van der Waals surface area contributed by atoms with Crippen LogP contribution in [0.25, 0.3) is 16.2 Å². The molecule has 2 aromatic heterocycles. The molecule has 23 heavy (non-hydrogen) atoms. The Labute approximate surface area is 132 Å². The highest BCUT2D eigenvalue weighted by Gasteiger charge is 2.29. The number of amides is 1. The van der Waals surface area contributed by atoms with Crippen molar-refractivity contribution in [2.75, 3.05) is 11.9 Å². The van der Waals surface area contributed by atoms with Gasteiger partial charge in [0.2, 0.25) is 0 Å². The third kappa shape index (κ3) is 3.81. The number of alkyl halides is 3. The van der Waals surface area contributed by atoms with Crippen molar-refractivity contribution in [3.05, 3.63) is 42.0 Å². The van der Waals surface area contributed by atoms with Crippen LogP contribution in [0.2, 0.25) is 0 Å². The quantitative estimate of drug-likeness (QED) is 0.778. The van der Waals surface area contributed by atoms with E-state index in [2.05, 4.69) is 15.0 Å². The van der Waals surface area contributed by atoms with Crippen LogP contribution in [0.3, 0.4) is 0 Å². The van der Waals surface area contributed by atoms with Crippen molar-refractivity contribution in [1.29, 1.82) is 0 Å². The van der Waals surface area contributed by atoms with Crippen LogP contribution in [0.1, 0.15) is 0 Å². The minimum Gasteiger partial charge on any atom is -0.440 e. The average Bonchev–Trinajstić information content (AvgIpc) is 3.06. The standard InChI is InChI=1S/C14H10F3N3O2S/c15-14(16,17)8-22-13(21)18-10-3-1-9(2-4-10)11-7-20-5-6-23-12(20)19-11/h1-7H,8H2,(H,18,21). The number of aromatic nitrogens is 2. The van der Waals surface area contributed by atoms with Crippen LogP contribution in [0, 0.1) is 0 Å². The molecule has 0 aliphatic carbocycles. The summed E-state index contributed by atoms with van der Waals surface area (Å²) < 4.78 is 41.8. The minimum absolute atomic E-state index is 0.335. The first kappa shape index (κ1) is 15.3. The van der Waals surface area contributed by atoms with Crippen molar-refractivity contribution in [2.24, 2.45) is 0 Å². The van der Waals surface area contributed by atoms with E-state index in [1.54, 1.807) is 24.3 Å². The Hall–Kier alpha value is -2.55. The maximum atomic E-state index is 11.9. The summed E-state index contributed by atoms with van der Waals surface area (Å²) in [4.78, 5) is 16.5. The molecule has 120 valence electrons. The van der Waals surface area contributed by atoms with Gasteiger partial charge in [-0.15, -0.1) is 11.3 Å². The Kier molecular flexibility index (Phi) is 3.95. The molecule has 0 spiro atoms. The number of carbonyl (C=O) groups is 1. The molecule has 2 heterocycles. The van der Waals surface area contributed by atoms with Crippen molar-refractivity contribution < 1.29 is 22.7 Å². The zero-order valence-corrected chi connectivity index (χ0v) is 12.3. The Morgan fingerprint density at radius 1 is 1.30 bits per heavy atom. The fourth-order valence-electron chi connectivity index (χ4n) is 1.89. The monoisotopic (exact) mass is 341 g/mol. The molecule has 5 nitrogen and oxygen atoms in total. The Morgan fingerprint density at radius 2 is 2.04 bits per heavy atom. The predicted octanol–water partition coefficient (Wildman–Crippen LogP) is 4.17. The van der Waals surface area contributed by atoms with Gasteiger partial charge < -0.3 is 4.74 Å². The lowest BCUT2D eigenvalue weighted by Crippen LogP contribution is -2.23. The first-order valence-electron chi connectivity index (χ1n) is 6.44. The molecule has 1 amide bonds. The van der Waals surface area contributed by atoms with Gasteiger partial charge in [-0.3, -0.25) is 9.72 Å². The molecule has 0 fully saturated rings. The lowest BCUT2D eigenvalue weighted by Gasteiger charge is -2.09. The number of hydrogen-bond donors (Lipinski definition) is 1. The average molecular weight is 341 g/mol. The van der Waals surface area contributed by atoms with Gasteiger partial charge in [-0.2, -0.15) is 13.2 Å². The number of nitrogens with zero attached hydrogens (tertiary/aromatic N) is 2. The number of carbonyl (C=O) groups excluding carboxylic acids is 1. The second-order valence-corrected chi connectivity index (χ2v) is 5.49. The fourth-order valence-corrected chi connectivity index (χ4v) is 2.59. The van der Waals surface area contributed by atoms with Gasteiger partial charge >= 0.3 is 12.3 Å². The van der Waals surface area contributed by atoms with Gasteiger partial charge in [0.1, 0.15) is 0 Å². The van der Waals surface area contributed by atoms with Crippen LogP contribution in [-0.4, -0.2) is 28.3 Å². The number of anilines is 1. The highest BCUT2D eigenvalue weighted by atomic mass is 32.1. The Morgan fingerprint density at radius 3 is 2.70 bits per heavy atom. The van der Waals surface area contributed by atoms with E-state index in [0.717, 1.165) is 16.2 Å². The van der Waals surface area contributed by atoms with E-state index in [1.165, 1.54) is 11.3 Å². The highest BCUT2D eigenvalue weighted by molar-refractivity contribution is 7.15. The normalized spacial score (nSPS) is 11.6. The molecule has 0 aliphatic rings. The molecular formula is C14H10F3N3O2S. The SMILES string of the molecule is O=C(Nc1ccc(-c2cn3ccsc3n2)cc1)OCC(F)(F)F. The van der Waals surface area contributed by atoms with Gasteiger partial charge in [0.25, 0.3) is 0 Å². The first-order chi connectivity index (χ1) is 10.9. The molecule has 0 atom stereocenters. The topological polar surface area (TPSA) is 55.6 Å². The number of imidazole rings is 1. The van der Waals surface area contributed by atoms with E-state index in [1.807, 2.05) is 22.2 Å². The van der Waals surface area contributed by atoms with Gasteiger partial charge in [-0.25, -0.2) is 9.78 Å². The van der Waals surface area contributed by atoms with E-state index in [4.69, 9.17) is 0 Å². The van der Waals surface area contributed by atoms with E-state index < -0.39 is 18.9 Å². The summed E-state index contributed by atoms with van der Waals surface area (Å²) in [6, 6.07) is 6.56. The number of nitrogens with one attached hydrogen (secondary N) is 1. The van der Waals surface area contributed by atoms with E-state index in [-0.39, 0.29) is 0 Å². The molecule has 0 aliphatic heterocycles. The lowest BCUT2D eigenvalue weighted by molar-refractivity contribution is -0.159. The summed E-state index contributed by atoms with van der Waals surface area (Å²) in [6.45, 7) is -1.62. The van der Waals surface area contributed by atoms with Crippen LogP contribution < -0.4 is 5.32 Å². The number of thiazole rings is 1. The van der Waals surface area contributed by atoms with Gasteiger partial charge in [-0.1, -0.05) is 12.1 Å². The van der Waals surface area contributed by atoms with Gasteiger partial charge in [0.15, 0.2) is 11.6 Å². The molecule has 0 saturated carbocycles. The van der Waals surface area contributed by atoms with Crippen LogP contribution in [0.4, 0.5) is 23.7 Å². The zero-order chi connectivity index (χ0) is 16.4. The van der Waals surface area contributed by atoms with Crippen molar-refractivity contribution in [1.82, 2.24) is 9.38 Å². The first-order valence-corrected chi connectivity index (χ1v) is 7.32. The zero-order valence-electron chi connectivity index (χ0n) is 11.5. The van der Waals surface area contributed by atoms with Gasteiger partial charge in [0, 0.05) is 29.0 Å². The second kappa shape index (κ2) is 5.92. The molecule has 9 heteroatoms. The maximum absolute atomic E-state index is 11.9. The molecule has 3 aromatic rings. The number of rotatable bonds is 3. The summed E-state index contributed by atoms with van der Waals surface area (Å²) in [5.74, 6) is 0. The van der Waals surface area contributed by atoms with Crippen molar-refractivity contribution in [3.8, 4) is 11.3 Å². The van der Waals surface area contributed by atoms with Crippen molar-refractivity contribution in [3.63, 3.8) is 0 Å². The van der Waals surface area contributed by atoms with Gasteiger partial charge in [0.05, 0.1) is 5.69 Å². The molecular weight excluding hydrogens is 331 g/mol. The third-order valence-corrected chi connectivity index (χ3v) is 3.66. The molecule has 3 rings (SSSR count). The number of fused-ring (bicyclic) bond motifs is 1. The van der Waals surface area contributed by atoms with Crippen LogP contribution in [0.15, 0.2) is 42.0 Å². The Bertz CT molecular complexity index is 795. The highest BCUT2D eigenvalue weighted by Crippen LogP contribution is 2.23. The van der Waals surface area contributed by atoms with E-state index in [9.17, 15) is 18.0 Å². The number of benzene rings is 1. The second-order valence-electron chi connectivity index (χ2n) is 4.61. The molecule has 0 bridgehead atoms. The fraction of sp³-hybridized carbons (Fsp3) is 0.143. The molecule has 0 unspecified atom stereocenters. The smallest absolute Gasteiger partial charge is 0.422 e. The molecule has 0 saturated heterocycles. The molecule has 0 radical (unpaired) electrons. The van der Waals surface area contributed by atoms with E-state index in [0.29, 0.717) is 5.69 Å². The maximum Gasteiger partial charge on any atom is 0.422 e. The van der Waals surface area contributed by atoms with E-state index >= 15 is 0 Å². The van der Waals surface area contributed by atoms with Crippen LogP contribution >= 0.6 is 11.3 Å². The van der Waals surface area contributed by atoms with Gasteiger partial charge in [-0.05, 0) is 12.1 Å². The third-order valence-electron chi connectivity index (χ3n) is 2.89. The molecule has 1 N–H and O–H groups in total. The minimum atomic E-state index is -4.55. The number of ether oxygens (including phenoxy) is 1. The number of hydrogen-bond acceptors (Lipinski definition) is 4. The van der Waals surface area contributed by atoms with Crippen LogP contribution in [0.5, 0.6) is 0 Å². The van der Waals surface area contributed by atoms with Crippen LogP contribution in [-0.2, 0) is 4.74 Å². The summed E-state index contributed by atoms with van der Waals surface area (Å²) in [5, 5.41) is 4.15. The largest absolute Gasteiger partial charge is 0.440 e. The summed E-state index contributed by atoms with van der Waals surface area (Å²) in [6.07, 6.45) is -1.94. The summed E-state index contributed by atoms with van der Waals surface area (Å²) >= 11 is 1.51. The Balaban J connectivity index is 1.65. The predicted molar refractivity (Wildman–Crippen MR) is 79.5 cm³/mol. The van der Waals surface area contributed by atoms with Crippen molar-refractivity contribution >= 4 is 28.1 Å². The van der Waals surface area contributed by atoms with Crippen molar-refractivity contribution in [2.45, 2.75) is 6.18 Å². The summed E-state index contributed by atoms with van der Waals surface area (Å²) in [7, 11) is 0. The number of halogens is 3. The lowest BCUT2D eigenvalue weighted by atomic mass is 10.1.